The molecular formula is C22H23N3O2. The number of hydrogen-bond donors (Lipinski definition) is 2. The molecule has 5 heteroatoms. The Morgan fingerprint density at radius 2 is 1.89 bits per heavy atom. The van der Waals surface area contributed by atoms with Crippen LogP contribution in [0.3, 0.4) is 0 Å². The lowest BCUT2D eigenvalue weighted by Gasteiger charge is -2.11. The average Bonchev–Trinajstić information content (AvgIpc) is 2.69. The third-order valence-electron chi connectivity index (χ3n) is 4.23. The average molecular weight is 361 g/mol. The van der Waals surface area contributed by atoms with E-state index < -0.39 is 0 Å². The van der Waals surface area contributed by atoms with Crippen molar-refractivity contribution in [3.8, 4) is 5.75 Å². The molecule has 2 N–H and O–H groups in total. The number of anilines is 1. The molecule has 1 heterocycles. The second-order valence-electron chi connectivity index (χ2n) is 6.36. The monoisotopic (exact) mass is 361 g/mol. The molecule has 2 aromatic carbocycles. The maximum absolute atomic E-state index is 12.1. The fourth-order valence-corrected chi connectivity index (χ4v) is 2.56. The number of carbonyl (C=O) groups is 1. The molecule has 1 aromatic heterocycles. The predicted octanol–water partition coefficient (Wildman–Crippen LogP) is 4.60. The number of hydrogen-bond acceptors (Lipinski definition) is 3. The lowest BCUT2D eigenvalue weighted by Crippen LogP contribution is -2.28. The molecule has 0 atom stereocenters. The summed E-state index contributed by atoms with van der Waals surface area (Å²) in [6.45, 7) is 4.89. The van der Waals surface area contributed by atoms with Gasteiger partial charge in [-0.15, -0.1) is 0 Å². The Labute approximate surface area is 159 Å². The van der Waals surface area contributed by atoms with Gasteiger partial charge in [-0.3, -0.25) is 4.98 Å². The Morgan fingerprint density at radius 1 is 1.00 bits per heavy atom. The summed E-state index contributed by atoms with van der Waals surface area (Å²) in [7, 11) is 0. The van der Waals surface area contributed by atoms with Crippen LogP contribution >= 0.6 is 0 Å². The summed E-state index contributed by atoms with van der Waals surface area (Å²) in [5, 5.41) is 5.72. The van der Waals surface area contributed by atoms with Crippen LogP contribution in [0, 0.1) is 13.8 Å². The number of pyridine rings is 1. The van der Waals surface area contributed by atoms with Gasteiger partial charge in [-0.05, 0) is 66.9 Å². The van der Waals surface area contributed by atoms with Crippen LogP contribution in [0.2, 0.25) is 0 Å². The lowest BCUT2D eigenvalue weighted by atomic mass is 10.1. The van der Waals surface area contributed by atoms with Crippen molar-refractivity contribution in [1.29, 1.82) is 0 Å². The van der Waals surface area contributed by atoms with Gasteiger partial charge in [0.15, 0.2) is 0 Å². The minimum absolute atomic E-state index is 0.238. The van der Waals surface area contributed by atoms with Crippen LogP contribution in [-0.4, -0.2) is 11.0 Å². The second-order valence-corrected chi connectivity index (χ2v) is 6.36. The molecule has 0 saturated heterocycles. The van der Waals surface area contributed by atoms with Gasteiger partial charge in [-0.25, -0.2) is 4.79 Å². The number of aromatic nitrogens is 1. The zero-order valence-electron chi connectivity index (χ0n) is 15.5. The first kappa shape index (κ1) is 18.5. The number of nitrogens with zero attached hydrogens (tertiary/aromatic N) is 1. The minimum Gasteiger partial charge on any atom is -0.487 e. The number of ether oxygens (including phenoxy) is 1. The van der Waals surface area contributed by atoms with Gasteiger partial charge in [0, 0.05) is 18.4 Å². The van der Waals surface area contributed by atoms with Gasteiger partial charge in [0.25, 0.3) is 0 Å². The summed E-state index contributed by atoms with van der Waals surface area (Å²) in [5.74, 6) is 0.745. The lowest BCUT2D eigenvalue weighted by molar-refractivity contribution is 0.251. The molecule has 138 valence electrons. The highest BCUT2D eigenvalue weighted by atomic mass is 16.5. The topological polar surface area (TPSA) is 63.2 Å². The van der Waals surface area contributed by atoms with Crippen LogP contribution in [0.25, 0.3) is 0 Å². The van der Waals surface area contributed by atoms with Gasteiger partial charge in [-0.2, -0.15) is 0 Å². The summed E-state index contributed by atoms with van der Waals surface area (Å²) >= 11 is 0. The highest BCUT2D eigenvalue weighted by Gasteiger charge is 2.04. The number of rotatable bonds is 6. The normalized spacial score (nSPS) is 10.3. The van der Waals surface area contributed by atoms with Crippen molar-refractivity contribution in [3.63, 3.8) is 0 Å². The molecule has 0 aliphatic carbocycles. The fourth-order valence-electron chi connectivity index (χ4n) is 2.56. The zero-order valence-corrected chi connectivity index (χ0v) is 15.5. The van der Waals surface area contributed by atoms with Crippen molar-refractivity contribution >= 4 is 11.7 Å². The number of nitrogens with one attached hydrogen (secondary N) is 2. The van der Waals surface area contributed by atoms with E-state index in [0.717, 1.165) is 28.3 Å². The number of aryl methyl sites for hydroxylation is 2. The van der Waals surface area contributed by atoms with Crippen molar-refractivity contribution in [2.24, 2.45) is 0 Å². The maximum Gasteiger partial charge on any atom is 0.319 e. The van der Waals surface area contributed by atoms with Gasteiger partial charge >= 0.3 is 6.03 Å². The molecule has 0 bridgehead atoms. The van der Waals surface area contributed by atoms with Gasteiger partial charge < -0.3 is 15.4 Å². The SMILES string of the molecule is Cc1ccc(NC(=O)NCc2cccc(OCc3ccccn3)c2)cc1C. The number of benzene rings is 2. The Balaban J connectivity index is 1.51. The quantitative estimate of drug-likeness (QED) is 0.674. The second kappa shape index (κ2) is 8.85. The van der Waals surface area contributed by atoms with Crippen LogP contribution in [-0.2, 0) is 13.2 Å². The molecule has 0 spiro atoms. The molecule has 3 aromatic rings. The highest BCUT2D eigenvalue weighted by molar-refractivity contribution is 5.89. The first-order valence-electron chi connectivity index (χ1n) is 8.84. The van der Waals surface area contributed by atoms with Gasteiger partial charge in [0.2, 0.25) is 0 Å². The Kier molecular flexibility index (Phi) is 6.05. The Bertz CT molecular complexity index is 910. The van der Waals surface area contributed by atoms with Crippen molar-refractivity contribution in [2.75, 3.05) is 5.32 Å². The molecule has 0 aliphatic rings. The zero-order chi connectivity index (χ0) is 19.1. The number of carbonyl (C=O) groups excluding carboxylic acids is 1. The van der Waals surface area contributed by atoms with Crippen molar-refractivity contribution in [2.45, 2.75) is 27.0 Å². The largest absolute Gasteiger partial charge is 0.487 e. The smallest absolute Gasteiger partial charge is 0.319 e. The number of urea groups is 1. The summed E-state index contributed by atoms with van der Waals surface area (Å²) in [6.07, 6.45) is 1.74. The molecule has 0 unspecified atom stereocenters. The van der Waals surface area contributed by atoms with E-state index in [-0.39, 0.29) is 6.03 Å². The molecule has 0 fully saturated rings. The number of amides is 2. The van der Waals surface area contributed by atoms with E-state index >= 15 is 0 Å². The van der Waals surface area contributed by atoms with E-state index in [9.17, 15) is 4.79 Å². The van der Waals surface area contributed by atoms with Crippen LogP contribution in [0.5, 0.6) is 5.75 Å². The van der Waals surface area contributed by atoms with E-state index in [4.69, 9.17) is 4.74 Å². The Hall–Kier alpha value is -3.34. The Morgan fingerprint density at radius 3 is 2.67 bits per heavy atom. The van der Waals surface area contributed by atoms with E-state index in [1.807, 2.05) is 74.5 Å². The molecule has 5 nitrogen and oxygen atoms in total. The van der Waals surface area contributed by atoms with Gasteiger partial charge in [-0.1, -0.05) is 24.3 Å². The molecule has 3 rings (SSSR count). The van der Waals surface area contributed by atoms with E-state index in [0.29, 0.717) is 13.2 Å². The van der Waals surface area contributed by atoms with Crippen LogP contribution < -0.4 is 15.4 Å². The molecule has 2 amide bonds. The van der Waals surface area contributed by atoms with E-state index in [1.165, 1.54) is 5.56 Å². The standard InChI is InChI=1S/C22H23N3O2/c1-16-9-10-19(12-17(16)2)25-22(26)24-14-18-6-5-8-21(13-18)27-15-20-7-3-4-11-23-20/h3-13H,14-15H2,1-2H3,(H2,24,25,26). The molecular weight excluding hydrogens is 338 g/mol. The van der Waals surface area contributed by atoms with Crippen LogP contribution in [0.15, 0.2) is 66.9 Å². The van der Waals surface area contributed by atoms with E-state index in [2.05, 4.69) is 15.6 Å². The fraction of sp³-hybridized carbons (Fsp3) is 0.182. The summed E-state index contributed by atoms with van der Waals surface area (Å²) < 4.78 is 5.77. The molecule has 0 aliphatic heterocycles. The van der Waals surface area contributed by atoms with Crippen LogP contribution in [0.4, 0.5) is 10.5 Å². The maximum atomic E-state index is 12.1. The third kappa shape index (κ3) is 5.57. The van der Waals surface area contributed by atoms with Crippen molar-refractivity contribution < 1.29 is 9.53 Å². The summed E-state index contributed by atoms with van der Waals surface area (Å²) in [6, 6.07) is 19.0. The first-order chi connectivity index (χ1) is 13.1. The summed E-state index contributed by atoms with van der Waals surface area (Å²) in [5.41, 5.74) is 4.95. The van der Waals surface area contributed by atoms with Crippen molar-refractivity contribution in [1.82, 2.24) is 10.3 Å². The highest BCUT2D eigenvalue weighted by Crippen LogP contribution is 2.16. The molecule has 27 heavy (non-hydrogen) atoms. The first-order valence-corrected chi connectivity index (χ1v) is 8.84. The van der Waals surface area contributed by atoms with Crippen molar-refractivity contribution in [3.05, 3.63) is 89.2 Å². The molecule has 0 radical (unpaired) electrons. The predicted molar refractivity (Wildman–Crippen MR) is 107 cm³/mol. The molecule has 0 saturated carbocycles. The third-order valence-corrected chi connectivity index (χ3v) is 4.23. The van der Waals surface area contributed by atoms with Gasteiger partial charge in [0.1, 0.15) is 12.4 Å². The van der Waals surface area contributed by atoms with Crippen LogP contribution in [0.1, 0.15) is 22.4 Å². The van der Waals surface area contributed by atoms with E-state index in [1.54, 1.807) is 6.20 Å². The van der Waals surface area contributed by atoms with Gasteiger partial charge in [0.05, 0.1) is 5.69 Å². The minimum atomic E-state index is -0.238. The summed E-state index contributed by atoms with van der Waals surface area (Å²) in [4.78, 5) is 16.4.